The number of rotatable bonds is 1. The van der Waals surface area contributed by atoms with Crippen LogP contribution in [-0.4, -0.2) is 19.8 Å². The molecule has 0 saturated heterocycles. The molecule has 0 aliphatic heterocycles. The molecule has 3 aromatic heterocycles. The molecule has 78 valence electrons. The van der Waals surface area contributed by atoms with Crippen molar-refractivity contribution in [1.29, 1.82) is 0 Å². The van der Waals surface area contributed by atoms with Crippen molar-refractivity contribution in [3.8, 4) is 11.4 Å². The van der Waals surface area contributed by atoms with Gasteiger partial charge in [-0.1, -0.05) is 17.7 Å². The number of pyridine rings is 1. The lowest BCUT2D eigenvalue weighted by molar-refractivity contribution is 0.944. The first kappa shape index (κ1) is 9.30. The standard InChI is InChI=1S/C11H7ClN4/c12-11-5-4-9(14-15-11)10-3-1-2-8-6-7-13-16(8)10/h1-7H. The fraction of sp³-hybridized carbons (Fsp3) is 0. The van der Waals surface area contributed by atoms with Crippen LogP contribution in [0.25, 0.3) is 16.9 Å². The largest absolute Gasteiger partial charge is 0.231 e. The lowest BCUT2D eigenvalue weighted by atomic mass is 10.2. The lowest BCUT2D eigenvalue weighted by Gasteiger charge is -2.02. The SMILES string of the molecule is Clc1ccc(-c2cccc3ccnn23)nn1. The van der Waals surface area contributed by atoms with E-state index in [9.17, 15) is 0 Å². The van der Waals surface area contributed by atoms with Crippen LogP contribution in [0.2, 0.25) is 5.15 Å². The molecule has 3 rings (SSSR count). The fourth-order valence-electron chi connectivity index (χ4n) is 1.60. The maximum Gasteiger partial charge on any atom is 0.151 e. The molecule has 4 nitrogen and oxygen atoms in total. The van der Waals surface area contributed by atoms with E-state index in [0.717, 1.165) is 16.9 Å². The molecule has 0 spiro atoms. The molecule has 16 heavy (non-hydrogen) atoms. The van der Waals surface area contributed by atoms with Crippen LogP contribution in [0.3, 0.4) is 0 Å². The number of hydrogen-bond acceptors (Lipinski definition) is 3. The molecule has 0 aliphatic carbocycles. The summed E-state index contributed by atoms with van der Waals surface area (Å²) in [6.45, 7) is 0. The zero-order valence-electron chi connectivity index (χ0n) is 8.21. The summed E-state index contributed by atoms with van der Waals surface area (Å²) >= 11 is 5.70. The predicted molar refractivity (Wildman–Crippen MR) is 61.2 cm³/mol. The first-order valence-corrected chi connectivity index (χ1v) is 5.15. The topological polar surface area (TPSA) is 43.1 Å². The summed E-state index contributed by atoms with van der Waals surface area (Å²) in [7, 11) is 0. The minimum Gasteiger partial charge on any atom is -0.231 e. The molecular formula is C11H7ClN4. The predicted octanol–water partition coefficient (Wildman–Crippen LogP) is 2.44. The molecule has 0 aromatic carbocycles. The van der Waals surface area contributed by atoms with E-state index < -0.39 is 0 Å². The van der Waals surface area contributed by atoms with E-state index in [4.69, 9.17) is 11.6 Å². The van der Waals surface area contributed by atoms with Crippen LogP contribution in [-0.2, 0) is 0 Å². The average molecular weight is 231 g/mol. The normalized spacial score (nSPS) is 10.8. The van der Waals surface area contributed by atoms with E-state index in [1.165, 1.54) is 0 Å². The molecule has 0 bridgehead atoms. The third kappa shape index (κ3) is 1.44. The Morgan fingerprint density at radius 3 is 2.75 bits per heavy atom. The van der Waals surface area contributed by atoms with Crippen molar-refractivity contribution in [2.45, 2.75) is 0 Å². The molecular weight excluding hydrogens is 224 g/mol. The number of nitrogens with zero attached hydrogens (tertiary/aromatic N) is 4. The Morgan fingerprint density at radius 1 is 1.00 bits per heavy atom. The van der Waals surface area contributed by atoms with Crippen molar-refractivity contribution in [2.75, 3.05) is 0 Å². The van der Waals surface area contributed by atoms with Gasteiger partial charge in [0.15, 0.2) is 5.15 Å². The summed E-state index contributed by atoms with van der Waals surface area (Å²) in [6, 6.07) is 11.4. The highest BCUT2D eigenvalue weighted by Gasteiger charge is 2.05. The summed E-state index contributed by atoms with van der Waals surface area (Å²) in [5.74, 6) is 0. The van der Waals surface area contributed by atoms with Crippen molar-refractivity contribution in [3.05, 3.63) is 47.7 Å². The number of halogens is 1. The molecule has 3 heterocycles. The second-order valence-electron chi connectivity index (χ2n) is 3.32. The first-order valence-electron chi connectivity index (χ1n) is 4.77. The molecule has 0 unspecified atom stereocenters. The number of aromatic nitrogens is 4. The van der Waals surface area contributed by atoms with Crippen LogP contribution in [0.4, 0.5) is 0 Å². The smallest absolute Gasteiger partial charge is 0.151 e. The molecule has 0 N–H and O–H groups in total. The van der Waals surface area contributed by atoms with Crippen LogP contribution in [0, 0.1) is 0 Å². The summed E-state index contributed by atoms with van der Waals surface area (Å²) in [5.41, 5.74) is 2.67. The van der Waals surface area contributed by atoms with Gasteiger partial charge < -0.3 is 0 Å². The van der Waals surface area contributed by atoms with E-state index in [1.54, 1.807) is 12.3 Å². The van der Waals surface area contributed by atoms with E-state index in [-0.39, 0.29) is 0 Å². The van der Waals surface area contributed by atoms with Crippen LogP contribution >= 0.6 is 11.6 Å². The second kappa shape index (κ2) is 3.57. The highest BCUT2D eigenvalue weighted by atomic mass is 35.5. The summed E-state index contributed by atoms with van der Waals surface area (Å²) in [4.78, 5) is 0. The number of hydrogen-bond donors (Lipinski definition) is 0. The van der Waals surface area contributed by atoms with Crippen LogP contribution < -0.4 is 0 Å². The molecule has 0 radical (unpaired) electrons. The van der Waals surface area contributed by atoms with Gasteiger partial charge in [-0.25, -0.2) is 4.52 Å². The Hall–Kier alpha value is -1.94. The maximum atomic E-state index is 5.70. The zero-order valence-corrected chi connectivity index (χ0v) is 8.96. The Bertz CT molecular complexity index is 630. The zero-order chi connectivity index (χ0) is 11.0. The lowest BCUT2D eigenvalue weighted by Crippen LogP contribution is -1.96. The molecule has 3 aromatic rings. The molecule has 0 amide bonds. The average Bonchev–Trinajstić information content (AvgIpc) is 2.78. The second-order valence-corrected chi connectivity index (χ2v) is 3.71. The highest BCUT2D eigenvalue weighted by Crippen LogP contribution is 2.18. The van der Waals surface area contributed by atoms with Gasteiger partial charge in [0, 0.05) is 0 Å². The summed E-state index contributed by atoms with van der Waals surface area (Å²) < 4.78 is 1.82. The molecule has 0 aliphatic rings. The summed E-state index contributed by atoms with van der Waals surface area (Å²) in [6.07, 6.45) is 1.75. The Labute approximate surface area is 96.5 Å². The monoisotopic (exact) mass is 230 g/mol. The van der Waals surface area contributed by atoms with Gasteiger partial charge in [-0.3, -0.25) is 0 Å². The Morgan fingerprint density at radius 2 is 1.94 bits per heavy atom. The van der Waals surface area contributed by atoms with Gasteiger partial charge in [0.25, 0.3) is 0 Å². The quantitative estimate of drug-likeness (QED) is 0.645. The summed E-state index contributed by atoms with van der Waals surface area (Å²) in [5, 5.41) is 12.5. The van der Waals surface area contributed by atoms with Gasteiger partial charge in [0.05, 0.1) is 17.4 Å². The van der Waals surface area contributed by atoms with Crippen molar-refractivity contribution in [1.82, 2.24) is 19.8 Å². The van der Waals surface area contributed by atoms with Gasteiger partial charge in [0.2, 0.25) is 0 Å². The number of fused-ring (bicyclic) bond motifs is 1. The van der Waals surface area contributed by atoms with Gasteiger partial charge in [-0.05, 0) is 30.3 Å². The van der Waals surface area contributed by atoms with Gasteiger partial charge in [-0.2, -0.15) is 5.10 Å². The van der Waals surface area contributed by atoms with Gasteiger partial charge >= 0.3 is 0 Å². The Balaban J connectivity index is 2.25. The third-order valence-electron chi connectivity index (χ3n) is 2.32. The van der Waals surface area contributed by atoms with Crippen LogP contribution in [0.15, 0.2) is 42.6 Å². The minimum atomic E-state index is 0.386. The fourth-order valence-corrected chi connectivity index (χ4v) is 1.70. The molecule has 0 saturated carbocycles. The van der Waals surface area contributed by atoms with Crippen LogP contribution in [0.1, 0.15) is 0 Å². The van der Waals surface area contributed by atoms with Crippen molar-refractivity contribution in [2.24, 2.45) is 0 Å². The maximum absolute atomic E-state index is 5.70. The minimum absolute atomic E-state index is 0.386. The Kier molecular flexibility index (Phi) is 2.08. The molecule has 0 atom stereocenters. The third-order valence-corrected chi connectivity index (χ3v) is 2.52. The van der Waals surface area contributed by atoms with Crippen molar-refractivity contribution >= 4 is 17.1 Å². The molecule has 0 fully saturated rings. The van der Waals surface area contributed by atoms with Crippen molar-refractivity contribution in [3.63, 3.8) is 0 Å². The highest BCUT2D eigenvalue weighted by molar-refractivity contribution is 6.29. The van der Waals surface area contributed by atoms with Gasteiger partial charge in [-0.15, -0.1) is 10.2 Å². The van der Waals surface area contributed by atoms with Crippen LogP contribution in [0.5, 0.6) is 0 Å². The first-order chi connectivity index (χ1) is 7.84. The van der Waals surface area contributed by atoms with E-state index >= 15 is 0 Å². The van der Waals surface area contributed by atoms with Crippen molar-refractivity contribution < 1.29 is 0 Å². The van der Waals surface area contributed by atoms with Gasteiger partial charge in [0.1, 0.15) is 5.69 Å². The molecule has 5 heteroatoms. The van der Waals surface area contributed by atoms with E-state index in [1.807, 2.05) is 34.8 Å². The van der Waals surface area contributed by atoms with E-state index in [2.05, 4.69) is 15.3 Å². The van der Waals surface area contributed by atoms with E-state index in [0.29, 0.717) is 5.15 Å².